The fourth-order valence-electron chi connectivity index (χ4n) is 2.08. The molecule has 138 valence electrons. The summed E-state index contributed by atoms with van der Waals surface area (Å²) in [6.45, 7) is 6.12. The van der Waals surface area contributed by atoms with E-state index in [1.54, 1.807) is 45.0 Å². The second kappa shape index (κ2) is 10.5. The van der Waals surface area contributed by atoms with Crippen molar-refractivity contribution in [3.63, 3.8) is 0 Å². The summed E-state index contributed by atoms with van der Waals surface area (Å²) in [4.78, 5) is 35.9. The van der Waals surface area contributed by atoms with Gasteiger partial charge in [-0.15, -0.1) is 0 Å². The Kier molecular flexibility index (Phi) is 8.67. The monoisotopic (exact) mass is 349 g/mol. The van der Waals surface area contributed by atoms with Gasteiger partial charge < -0.3 is 19.2 Å². The molecule has 0 spiro atoms. The van der Waals surface area contributed by atoms with Crippen molar-refractivity contribution in [1.29, 1.82) is 0 Å². The third-order valence-corrected chi connectivity index (χ3v) is 3.26. The van der Waals surface area contributed by atoms with E-state index in [0.717, 1.165) is 6.42 Å². The molecular formula is C19H27NO5. The summed E-state index contributed by atoms with van der Waals surface area (Å²) in [5, 5.41) is 0. The molecule has 0 fully saturated rings. The molecule has 1 rings (SSSR count). The Morgan fingerprint density at radius 3 is 2.36 bits per heavy atom. The molecule has 0 aromatic heterocycles. The van der Waals surface area contributed by atoms with E-state index >= 15 is 0 Å². The number of hydrogen-bond acceptors (Lipinski definition) is 5. The molecule has 1 aromatic rings. The van der Waals surface area contributed by atoms with E-state index in [2.05, 4.69) is 0 Å². The maximum absolute atomic E-state index is 12.0. The van der Waals surface area contributed by atoms with Crippen molar-refractivity contribution in [2.75, 3.05) is 19.7 Å². The highest BCUT2D eigenvalue weighted by atomic mass is 16.6. The number of unbranched alkanes of at least 4 members (excludes halogenated alkanes) is 2. The molecular weight excluding hydrogens is 322 g/mol. The van der Waals surface area contributed by atoms with Gasteiger partial charge in [0.05, 0.1) is 18.7 Å². The van der Waals surface area contributed by atoms with Crippen LogP contribution in [0.1, 0.15) is 50.4 Å². The molecule has 25 heavy (non-hydrogen) atoms. The van der Waals surface area contributed by atoms with Crippen LogP contribution in [0.5, 0.6) is 0 Å². The van der Waals surface area contributed by atoms with E-state index in [1.165, 1.54) is 4.90 Å². The second-order valence-corrected chi connectivity index (χ2v) is 6.66. The fourth-order valence-corrected chi connectivity index (χ4v) is 2.08. The van der Waals surface area contributed by atoms with Gasteiger partial charge in [-0.2, -0.15) is 0 Å². The van der Waals surface area contributed by atoms with E-state index in [4.69, 9.17) is 9.47 Å². The summed E-state index contributed by atoms with van der Waals surface area (Å²) in [5.41, 5.74) is -0.0614. The predicted octanol–water partition coefficient (Wildman–Crippen LogP) is 3.45. The molecule has 0 aliphatic carbocycles. The molecule has 0 bridgehead atoms. The smallest absolute Gasteiger partial charge is 0.410 e. The van der Waals surface area contributed by atoms with Crippen LogP contribution >= 0.6 is 0 Å². The largest absolute Gasteiger partial charge is 0.462 e. The van der Waals surface area contributed by atoms with Gasteiger partial charge in [0.2, 0.25) is 0 Å². The van der Waals surface area contributed by atoms with Crippen molar-refractivity contribution >= 4 is 18.3 Å². The van der Waals surface area contributed by atoms with Crippen LogP contribution in [0, 0.1) is 0 Å². The number of rotatable bonds is 9. The summed E-state index contributed by atoms with van der Waals surface area (Å²) in [6.07, 6.45) is 2.37. The van der Waals surface area contributed by atoms with Gasteiger partial charge in [-0.25, -0.2) is 9.59 Å². The minimum atomic E-state index is -0.593. The van der Waals surface area contributed by atoms with Crippen LogP contribution in [0.15, 0.2) is 30.3 Å². The number of esters is 1. The number of aldehydes is 1. The molecule has 0 N–H and O–H groups in total. The molecule has 0 heterocycles. The molecule has 1 aromatic carbocycles. The van der Waals surface area contributed by atoms with Gasteiger partial charge in [-0.3, -0.25) is 0 Å². The first-order valence-electron chi connectivity index (χ1n) is 8.47. The molecule has 0 radical (unpaired) electrons. The van der Waals surface area contributed by atoms with Gasteiger partial charge in [-0.05, 0) is 52.2 Å². The topological polar surface area (TPSA) is 72.9 Å². The Hall–Kier alpha value is -2.37. The lowest BCUT2D eigenvalue weighted by Crippen LogP contribution is -2.38. The Morgan fingerprint density at radius 2 is 1.76 bits per heavy atom. The number of carbonyl (C=O) groups excluding carboxylic acids is 3. The van der Waals surface area contributed by atoms with Crippen LogP contribution in [0.3, 0.4) is 0 Å². The fraction of sp³-hybridized carbons (Fsp3) is 0.526. The number of hydrogen-bond donors (Lipinski definition) is 0. The summed E-state index contributed by atoms with van der Waals surface area (Å²) in [5.74, 6) is -0.336. The Morgan fingerprint density at radius 1 is 1.08 bits per heavy atom. The number of carbonyl (C=O) groups is 3. The Balaban J connectivity index is 2.24. The van der Waals surface area contributed by atoms with Crippen molar-refractivity contribution in [1.82, 2.24) is 4.90 Å². The lowest BCUT2D eigenvalue weighted by Gasteiger charge is -2.26. The van der Waals surface area contributed by atoms with Gasteiger partial charge in [0, 0.05) is 6.54 Å². The van der Waals surface area contributed by atoms with E-state index < -0.39 is 11.7 Å². The first-order valence-corrected chi connectivity index (χ1v) is 8.47. The zero-order chi connectivity index (χ0) is 18.7. The van der Waals surface area contributed by atoms with Crippen molar-refractivity contribution in [3.05, 3.63) is 35.9 Å². The second-order valence-electron chi connectivity index (χ2n) is 6.66. The first-order chi connectivity index (χ1) is 11.8. The maximum atomic E-state index is 12.0. The highest BCUT2D eigenvalue weighted by molar-refractivity contribution is 5.89. The molecule has 0 aliphatic rings. The van der Waals surface area contributed by atoms with Crippen LogP contribution in [0.2, 0.25) is 0 Å². The predicted molar refractivity (Wildman–Crippen MR) is 94.4 cm³/mol. The lowest BCUT2D eigenvalue weighted by atomic mass is 10.2. The highest BCUT2D eigenvalue weighted by Gasteiger charge is 2.21. The van der Waals surface area contributed by atoms with Crippen LogP contribution in [-0.2, 0) is 14.3 Å². The molecule has 6 nitrogen and oxygen atoms in total. The highest BCUT2D eigenvalue weighted by Crippen LogP contribution is 2.11. The number of amides is 1. The normalized spacial score (nSPS) is 10.8. The number of ether oxygens (including phenoxy) is 2. The van der Waals surface area contributed by atoms with Gasteiger partial charge >= 0.3 is 12.1 Å². The maximum Gasteiger partial charge on any atom is 0.410 e. The Bertz CT molecular complexity index is 551. The van der Waals surface area contributed by atoms with E-state index in [9.17, 15) is 14.4 Å². The molecule has 6 heteroatoms. The first kappa shape index (κ1) is 20.7. The minimum absolute atomic E-state index is 0.0118. The minimum Gasteiger partial charge on any atom is -0.462 e. The zero-order valence-electron chi connectivity index (χ0n) is 15.2. The molecule has 0 unspecified atom stereocenters. The number of benzene rings is 1. The van der Waals surface area contributed by atoms with Crippen molar-refractivity contribution in [3.8, 4) is 0 Å². The molecule has 0 atom stereocenters. The number of nitrogens with zero attached hydrogens (tertiary/aromatic N) is 1. The third-order valence-electron chi connectivity index (χ3n) is 3.26. The van der Waals surface area contributed by atoms with Crippen LogP contribution < -0.4 is 0 Å². The van der Waals surface area contributed by atoms with Gasteiger partial charge in [0.15, 0.2) is 0 Å². The van der Waals surface area contributed by atoms with E-state index in [0.29, 0.717) is 37.8 Å². The van der Waals surface area contributed by atoms with Crippen LogP contribution in [-0.4, -0.2) is 48.5 Å². The average molecular weight is 349 g/mol. The molecule has 0 aliphatic heterocycles. The van der Waals surface area contributed by atoms with Crippen molar-refractivity contribution in [2.24, 2.45) is 0 Å². The SMILES string of the molecule is CC(C)(C)OC(=O)N(CC=O)CCCCCOC(=O)c1ccccc1. The molecule has 1 amide bonds. The standard InChI is InChI=1S/C19H27NO5/c1-19(2,3)25-18(23)20(13-14-21)12-8-5-9-15-24-17(22)16-10-6-4-7-11-16/h4,6-7,10-11,14H,5,8-9,12-13,15H2,1-3H3. The summed E-state index contributed by atoms with van der Waals surface area (Å²) < 4.78 is 10.5. The Labute approximate surface area is 149 Å². The summed E-state index contributed by atoms with van der Waals surface area (Å²) >= 11 is 0. The van der Waals surface area contributed by atoms with E-state index in [1.807, 2.05) is 6.07 Å². The lowest BCUT2D eigenvalue weighted by molar-refractivity contribution is -0.109. The quantitative estimate of drug-likeness (QED) is 0.388. The molecule has 0 saturated heterocycles. The summed E-state index contributed by atoms with van der Waals surface area (Å²) in [6, 6.07) is 8.83. The zero-order valence-corrected chi connectivity index (χ0v) is 15.2. The van der Waals surface area contributed by atoms with Gasteiger partial charge in [0.1, 0.15) is 11.9 Å². The molecule has 0 saturated carbocycles. The van der Waals surface area contributed by atoms with Crippen molar-refractivity contribution in [2.45, 2.75) is 45.6 Å². The van der Waals surface area contributed by atoms with Crippen molar-refractivity contribution < 1.29 is 23.9 Å². The third kappa shape index (κ3) is 8.88. The summed E-state index contributed by atoms with van der Waals surface area (Å²) in [7, 11) is 0. The van der Waals surface area contributed by atoms with Gasteiger partial charge in [0.25, 0.3) is 0 Å². The van der Waals surface area contributed by atoms with Crippen LogP contribution in [0.25, 0.3) is 0 Å². The average Bonchev–Trinajstić information content (AvgIpc) is 2.55. The van der Waals surface area contributed by atoms with Crippen LogP contribution in [0.4, 0.5) is 4.79 Å². The van der Waals surface area contributed by atoms with E-state index in [-0.39, 0.29) is 12.5 Å². The van der Waals surface area contributed by atoms with Gasteiger partial charge in [-0.1, -0.05) is 18.2 Å².